The quantitative estimate of drug-likeness (QED) is 0.742. The molecule has 0 aliphatic rings. The molecule has 90 valence electrons. The Morgan fingerprint density at radius 1 is 0.941 bits per heavy atom. The van der Waals surface area contributed by atoms with Crippen LogP contribution in [-0.4, -0.2) is 4.57 Å². The van der Waals surface area contributed by atoms with Crippen LogP contribution >= 0.6 is 0 Å². The second-order valence-corrected chi connectivity index (χ2v) is 5.32. The Labute approximate surface area is 103 Å². The van der Waals surface area contributed by atoms with Gasteiger partial charge in [0.15, 0.2) is 0 Å². The van der Waals surface area contributed by atoms with Crippen LogP contribution in [0.4, 0.5) is 0 Å². The molecule has 2 rings (SSSR count). The maximum atomic E-state index is 4.21. The molecule has 0 unspecified atom stereocenters. The monoisotopic (exact) mass is 227 g/mol. The van der Waals surface area contributed by atoms with E-state index in [9.17, 15) is 0 Å². The van der Waals surface area contributed by atoms with Crippen LogP contribution in [0.3, 0.4) is 0 Å². The summed E-state index contributed by atoms with van der Waals surface area (Å²) in [6.45, 7) is 17.2. The van der Waals surface area contributed by atoms with Gasteiger partial charge in [-0.3, -0.25) is 0 Å². The standard InChI is InChI=1S/C16H21N/c1-10(2)14-7-8-15-12(5)17(11(3)4)13(6)16(15)9-14/h7-11H,5-6H2,1-4H3. The first-order valence-electron chi connectivity index (χ1n) is 6.25. The van der Waals surface area contributed by atoms with E-state index in [4.69, 9.17) is 0 Å². The smallest absolute Gasteiger partial charge is 0.0420 e. The van der Waals surface area contributed by atoms with Gasteiger partial charge in [-0.05, 0) is 31.4 Å². The van der Waals surface area contributed by atoms with Crippen molar-refractivity contribution < 1.29 is 0 Å². The highest BCUT2D eigenvalue weighted by atomic mass is 15.0. The van der Waals surface area contributed by atoms with Crippen molar-refractivity contribution in [1.82, 2.24) is 4.57 Å². The minimum Gasteiger partial charge on any atom is -0.339 e. The SMILES string of the molecule is C=c1c2ccc(C(C)C)cc2c(=C)n1C(C)C. The van der Waals surface area contributed by atoms with Gasteiger partial charge >= 0.3 is 0 Å². The minimum absolute atomic E-state index is 0.407. The average molecular weight is 227 g/mol. The van der Waals surface area contributed by atoms with E-state index in [1.54, 1.807) is 0 Å². The summed E-state index contributed by atoms with van der Waals surface area (Å²) >= 11 is 0. The summed E-state index contributed by atoms with van der Waals surface area (Å²) in [7, 11) is 0. The lowest BCUT2D eigenvalue weighted by Gasteiger charge is -2.07. The molecule has 0 aliphatic heterocycles. The Kier molecular flexibility index (Phi) is 2.86. The first-order valence-corrected chi connectivity index (χ1v) is 6.25. The third-order valence-electron chi connectivity index (χ3n) is 3.43. The largest absolute Gasteiger partial charge is 0.339 e. The topological polar surface area (TPSA) is 4.93 Å². The van der Waals surface area contributed by atoms with Crippen LogP contribution in [-0.2, 0) is 0 Å². The zero-order valence-corrected chi connectivity index (χ0v) is 11.2. The number of hydrogen-bond acceptors (Lipinski definition) is 0. The highest BCUT2D eigenvalue weighted by molar-refractivity contribution is 5.84. The fraction of sp³-hybridized carbons (Fsp3) is 0.375. The molecule has 0 bridgehead atoms. The predicted molar refractivity (Wildman–Crippen MR) is 76.7 cm³/mol. The van der Waals surface area contributed by atoms with Gasteiger partial charge in [-0.15, -0.1) is 0 Å². The zero-order valence-electron chi connectivity index (χ0n) is 11.2. The molecular formula is C16H21N. The lowest BCUT2D eigenvalue weighted by atomic mass is 10.0. The second kappa shape index (κ2) is 4.06. The van der Waals surface area contributed by atoms with E-state index in [2.05, 4.69) is 63.6 Å². The summed E-state index contributed by atoms with van der Waals surface area (Å²) in [4.78, 5) is 0. The molecule has 0 amide bonds. The molecule has 2 aromatic rings. The normalized spacial score (nSPS) is 11.9. The lowest BCUT2D eigenvalue weighted by Crippen LogP contribution is -2.26. The van der Waals surface area contributed by atoms with Crippen molar-refractivity contribution >= 4 is 23.9 Å². The molecule has 17 heavy (non-hydrogen) atoms. The van der Waals surface area contributed by atoms with Gasteiger partial charge in [0.05, 0.1) is 0 Å². The van der Waals surface area contributed by atoms with Crippen molar-refractivity contribution in [2.75, 3.05) is 0 Å². The van der Waals surface area contributed by atoms with Gasteiger partial charge in [-0.25, -0.2) is 0 Å². The van der Waals surface area contributed by atoms with Crippen LogP contribution in [0.2, 0.25) is 0 Å². The summed E-state index contributed by atoms with van der Waals surface area (Å²) in [5.41, 5.74) is 1.36. The first-order chi connectivity index (χ1) is 7.93. The maximum Gasteiger partial charge on any atom is 0.0420 e. The molecule has 1 aromatic carbocycles. The molecule has 1 heterocycles. The van der Waals surface area contributed by atoms with Crippen molar-refractivity contribution in [3.8, 4) is 0 Å². The molecule has 0 saturated carbocycles. The summed E-state index contributed by atoms with van der Waals surface area (Å²) in [5, 5.41) is 4.64. The summed E-state index contributed by atoms with van der Waals surface area (Å²) < 4.78 is 2.22. The van der Waals surface area contributed by atoms with Gasteiger partial charge in [0.1, 0.15) is 0 Å². The van der Waals surface area contributed by atoms with E-state index in [0.717, 1.165) is 10.7 Å². The second-order valence-electron chi connectivity index (χ2n) is 5.32. The lowest BCUT2D eigenvalue weighted by molar-refractivity contribution is 0.579. The molecule has 0 N–H and O–H groups in total. The van der Waals surface area contributed by atoms with Crippen LogP contribution < -0.4 is 10.7 Å². The van der Waals surface area contributed by atoms with Crippen molar-refractivity contribution in [1.29, 1.82) is 0 Å². The average Bonchev–Trinajstić information content (AvgIpc) is 2.51. The Hall–Kier alpha value is -1.50. The highest BCUT2D eigenvalue weighted by Gasteiger charge is 2.09. The number of aromatic nitrogens is 1. The van der Waals surface area contributed by atoms with Crippen LogP contribution in [0.15, 0.2) is 18.2 Å². The van der Waals surface area contributed by atoms with E-state index in [1.165, 1.54) is 16.3 Å². The van der Waals surface area contributed by atoms with Crippen LogP contribution in [0.5, 0.6) is 0 Å². The van der Waals surface area contributed by atoms with Gasteiger partial charge < -0.3 is 4.57 Å². The van der Waals surface area contributed by atoms with E-state index in [-0.39, 0.29) is 0 Å². The van der Waals surface area contributed by atoms with Gasteiger partial charge in [-0.1, -0.05) is 39.1 Å². The molecule has 1 aromatic heterocycles. The maximum absolute atomic E-state index is 4.21. The number of rotatable bonds is 2. The highest BCUT2D eigenvalue weighted by Crippen LogP contribution is 2.18. The molecule has 1 nitrogen and oxygen atoms in total. The van der Waals surface area contributed by atoms with Crippen molar-refractivity contribution in [2.45, 2.75) is 39.7 Å². The third-order valence-corrected chi connectivity index (χ3v) is 3.43. The zero-order chi connectivity index (χ0) is 12.7. The van der Waals surface area contributed by atoms with Gasteiger partial charge in [0.2, 0.25) is 0 Å². The molecule has 0 spiro atoms. The van der Waals surface area contributed by atoms with Crippen LogP contribution in [0, 0.1) is 0 Å². The summed E-state index contributed by atoms with van der Waals surface area (Å²) in [5.74, 6) is 0.550. The summed E-state index contributed by atoms with van der Waals surface area (Å²) in [6, 6.07) is 7.05. The molecule has 1 heteroatoms. The Bertz CT molecular complexity index is 644. The van der Waals surface area contributed by atoms with Crippen molar-refractivity contribution in [3.05, 3.63) is 34.5 Å². The van der Waals surface area contributed by atoms with Crippen LogP contribution in [0.25, 0.3) is 23.9 Å². The number of fused-ring (bicyclic) bond motifs is 1. The van der Waals surface area contributed by atoms with Crippen molar-refractivity contribution in [2.24, 2.45) is 0 Å². The first kappa shape index (κ1) is 12.0. The number of nitrogens with zero attached hydrogens (tertiary/aromatic N) is 1. The number of hydrogen-bond donors (Lipinski definition) is 0. The molecule has 0 atom stereocenters. The van der Waals surface area contributed by atoms with Gasteiger partial charge in [0.25, 0.3) is 0 Å². The van der Waals surface area contributed by atoms with Gasteiger partial charge in [-0.2, -0.15) is 0 Å². The van der Waals surface area contributed by atoms with Crippen molar-refractivity contribution in [3.63, 3.8) is 0 Å². The van der Waals surface area contributed by atoms with Gasteiger partial charge in [0, 0.05) is 27.5 Å². The van der Waals surface area contributed by atoms with Crippen LogP contribution in [0.1, 0.15) is 45.2 Å². The molecule has 0 fully saturated rings. The fourth-order valence-corrected chi connectivity index (χ4v) is 2.46. The third kappa shape index (κ3) is 1.80. The Morgan fingerprint density at radius 3 is 2.06 bits per heavy atom. The van der Waals surface area contributed by atoms with E-state index >= 15 is 0 Å². The summed E-state index contributed by atoms with van der Waals surface area (Å²) in [6.07, 6.45) is 0. The predicted octanol–water partition coefficient (Wildman–Crippen LogP) is 3.17. The fourth-order valence-electron chi connectivity index (χ4n) is 2.46. The number of benzene rings is 1. The molecular weight excluding hydrogens is 206 g/mol. The molecule has 0 aliphatic carbocycles. The van der Waals surface area contributed by atoms with E-state index in [0.29, 0.717) is 12.0 Å². The van der Waals surface area contributed by atoms with E-state index < -0.39 is 0 Å². The Balaban J connectivity index is 2.85. The molecule has 0 saturated heterocycles. The van der Waals surface area contributed by atoms with E-state index in [1.807, 2.05) is 0 Å². The Morgan fingerprint density at radius 2 is 1.53 bits per heavy atom. The minimum atomic E-state index is 0.407. The molecule has 0 radical (unpaired) electrons.